The molecular weight excluding hydrogens is 274 g/mol. The zero-order chi connectivity index (χ0) is 15.0. The van der Waals surface area contributed by atoms with Gasteiger partial charge in [0.15, 0.2) is 0 Å². The molecule has 0 aliphatic carbocycles. The molecule has 0 amide bonds. The van der Waals surface area contributed by atoms with Crippen molar-refractivity contribution in [2.75, 3.05) is 5.32 Å². The van der Waals surface area contributed by atoms with Gasteiger partial charge in [-0.2, -0.15) is 5.10 Å². The lowest BCUT2D eigenvalue weighted by molar-refractivity contribution is 0.562. The van der Waals surface area contributed by atoms with E-state index in [1.54, 1.807) is 12.3 Å². The van der Waals surface area contributed by atoms with Crippen LogP contribution < -0.4 is 10.9 Å². The van der Waals surface area contributed by atoms with Crippen LogP contribution in [-0.4, -0.2) is 15.8 Å². The Balaban J connectivity index is 2.87. The smallest absolute Gasteiger partial charge is 0.287 e. The summed E-state index contributed by atoms with van der Waals surface area (Å²) < 4.78 is 1.31. The molecule has 1 atom stereocenters. The highest BCUT2D eigenvalue weighted by Gasteiger charge is 2.13. The molecule has 112 valence electrons. The van der Waals surface area contributed by atoms with Gasteiger partial charge < -0.3 is 5.32 Å². The molecule has 4 nitrogen and oxygen atoms in total. The Labute approximate surface area is 125 Å². The number of anilines is 1. The molecule has 1 heterocycles. The van der Waals surface area contributed by atoms with Gasteiger partial charge >= 0.3 is 0 Å². The van der Waals surface area contributed by atoms with E-state index in [9.17, 15) is 4.79 Å². The second-order valence-electron chi connectivity index (χ2n) is 4.92. The average Bonchev–Trinajstić information content (AvgIpc) is 2.44. The Morgan fingerprint density at radius 3 is 2.80 bits per heavy atom. The van der Waals surface area contributed by atoms with Crippen molar-refractivity contribution in [1.29, 1.82) is 0 Å². The maximum atomic E-state index is 12.0. The molecule has 0 radical (unpaired) electrons. The summed E-state index contributed by atoms with van der Waals surface area (Å²) in [6.45, 7) is 8.30. The van der Waals surface area contributed by atoms with E-state index in [1.165, 1.54) is 4.68 Å². The second kappa shape index (κ2) is 8.80. The SMILES string of the molecule is C=CCn1ncc(NC(CCC)CCCC)c(Cl)c1=O. The van der Waals surface area contributed by atoms with E-state index < -0.39 is 0 Å². The molecule has 5 heteroatoms. The van der Waals surface area contributed by atoms with Gasteiger partial charge in [-0.1, -0.05) is 50.8 Å². The largest absolute Gasteiger partial charge is 0.380 e. The Bertz CT molecular complexity index is 484. The molecule has 0 aliphatic rings. The predicted octanol–water partition coefficient (Wildman–Crippen LogP) is 3.85. The van der Waals surface area contributed by atoms with Crippen molar-refractivity contribution in [1.82, 2.24) is 9.78 Å². The predicted molar refractivity (Wildman–Crippen MR) is 85.5 cm³/mol. The fourth-order valence-corrected chi connectivity index (χ4v) is 2.33. The van der Waals surface area contributed by atoms with Crippen molar-refractivity contribution in [3.05, 3.63) is 34.2 Å². The molecule has 0 spiro atoms. The summed E-state index contributed by atoms with van der Waals surface area (Å²) in [5.41, 5.74) is 0.355. The van der Waals surface area contributed by atoms with Gasteiger partial charge in [0.25, 0.3) is 5.56 Å². The summed E-state index contributed by atoms with van der Waals surface area (Å²) >= 11 is 6.14. The number of hydrogen-bond acceptors (Lipinski definition) is 3. The topological polar surface area (TPSA) is 46.9 Å². The van der Waals surface area contributed by atoms with Crippen molar-refractivity contribution >= 4 is 17.3 Å². The van der Waals surface area contributed by atoms with E-state index in [2.05, 4.69) is 30.8 Å². The van der Waals surface area contributed by atoms with Crippen molar-refractivity contribution in [2.45, 2.75) is 58.5 Å². The normalized spacial score (nSPS) is 12.2. The lowest BCUT2D eigenvalue weighted by atomic mass is 10.1. The van der Waals surface area contributed by atoms with Gasteiger partial charge in [-0.15, -0.1) is 6.58 Å². The molecule has 1 aromatic rings. The number of nitrogens with zero attached hydrogens (tertiary/aromatic N) is 2. The Morgan fingerprint density at radius 1 is 1.45 bits per heavy atom. The first-order valence-electron chi connectivity index (χ1n) is 7.27. The summed E-state index contributed by atoms with van der Waals surface area (Å²) in [7, 11) is 0. The number of unbranched alkanes of at least 4 members (excludes halogenated alkanes) is 1. The Kier molecular flexibility index (Phi) is 7.37. The number of halogens is 1. The van der Waals surface area contributed by atoms with Crippen LogP contribution in [0.3, 0.4) is 0 Å². The summed E-state index contributed by atoms with van der Waals surface area (Å²) in [5, 5.41) is 7.68. The molecule has 0 aliphatic heterocycles. The summed E-state index contributed by atoms with van der Waals surface area (Å²) in [6, 6.07) is 0.342. The van der Waals surface area contributed by atoms with Crippen molar-refractivity contribution in [3.63, 3.8) is 0 Å². The molecular formula is C15H24ClN3O. The number of nitrogens with one attached hydrogen (secondary N) is 1. The Morgan fingerprint density at radius 2 is 2.20 bits per heavy atom. The molecule has 0 fully saturated rings. The number of aromatic nitrogens is 2. The van der Waals surface area contributed by atoms with Crippen LogP contribution in [0.15, 0.2) is 23.6 Å². The van der Waals surface area contributed by atoms with E-state index in [0.29, 0.717) is 18.3 Å². The summed E-state index contributed by atoms with van der Waals surface area (Å²) in [5.74, 6) is 0. The summed E-state index contributed by atoms with van der Waals surface area (Å²) in [6.07, 6.45) is 8.81. The third kappa shape index (κ3) is 4.67. The highest BCUT2D eigenvalue weighted by molar-refractivity contribution is 6.32. The van der Waals surface area contributed by atoms with Crippen molar-refractivity contribution in [3.8, 4) is 0 Å². The number of allylic oxidation sites excluding steroid dienone is 1. The van der Waals surface area contributed by atoms with Gasteiger partial charge in [0, 0.05) is 6.04 Å². The minimum absolute atomic E-state index is 0.208. The molecule has 1 unspecified atom stereocenters. The first-order chi connectivity index (χ1) is 9.63. The highest BCUT2D eigenvalue weighted by atomic mass is 35.5. The zero-order valence-electron chi connectivity index (χ0n) is 12.4. The van der Waals surface area contributed by atoms with Gasteiger partial charge in [-0.05, 0) is 12.8 Å². The molecule has 1 aromatic heterocycles. The van der Waals surface area contributed by atoms with Crippen LogP contribution >= 0.6 is 11.6 Å². The minimum Gasteiger partial charge on any atom is -0.380 e. The highest BCUT2D eigenvalue weighted by Crippen LogP contribution is 2.20. The van der Waals surface area contributed by atoms with Gasteiger partial charge in [0.2, 0.25) is 0 Å². The number of hydrogen-bond donors (Lipinski definition) is 1. The third-order valence-corrected chi connectivity index (χ3v) is 3.56. The standard InChI is InChI=1S/C15H24ClN3O/c1-4-7-9-12(8-5-2)18-13-11-17-19(10-6-3)15(20)14(13)16/h6,11-12,18H,3-5,7-10H2,1-2H3. The van der Waals surface area contributed by atoms with Crippen molar-refractivity contribution in [2.24, 2.45) is 0 Å². The molecule has 0 bridgehead atoms. The maximum absolute atomic E-state index is 12.0. The summed E-state index contributed by atoms with van der Waals surface area (Å²) in [4.78, 5) is 12.0. The quantitative estimate of drug-likeness (QED) is 0.704. The molecule has 20 heavy (non-hydrogen) atoms. The van der Waals surface area contributed by atoms with E-state index in [1.807, 2.05) is 0 Å². The van der Waals surface area contributed by atoms with Gasteiger partial charge in [0.05, 0.1) is 18.4 Å². The number of rotatable bonds is 9. The minimum atomic E-state index is -0.276. The third-order valence-electron chi connectivity index (χ3n) is 3.19. The van der Waals surface area contributed by atoms with Crippen LogP contribution in [0.1, 0.15) is 46.0 Å². The molecule has 0 saturated carbocycles. The fourth-order valence-electron chi connectivity index (χ4n) is 2.13. The van der Waals surface area contributed by atoms with Crippen LogP contribution in [0.5, 0.6) is 0 Å². The molecule has 1 N–H and O–H groups in total. The average molecular weight is 298 g/mol. The van der Waals surface area contributed by atoms with Crippen LogP contribution in [0, 0.1) is 0 Å². The van der Waals surface area contributed by atoms with Crippen LogP contribution in [-0.2, 0) is 6.54 Å². The Hall–Kier alpha value is -1.29. The van der Waals surface area contributed by atoms with Gasteiger partial charge in [-0.3, -0.25) is 4.79 Å². The monoisotopic (exact) mass is 297 g/mol. The lowest BCUT2D eigenvalue weighted by Gasteiger charge is -2.19. The second-order valence-corrected chi connectivity index (χ2v) is 5.30. The first-order valence-corrected chi connectivity index (χ1v) is 7.64. The van der Waals surface area contributed by atoms with Crippen molar-refractivity contribution < 1.29 is 0 Å². The molecule has 1 rings (SSSR count). The molecule has 0 saturated heterocycles. The fraction of sp³-hybridized carbons (Fsp3) is 0.600. The van der Waals surface area contributed by atoms with Crippen LogP contribution in [0.2, 0.25) is 5.02 Å². The van der Waals surface area contributed by atoms with Crippen LogP contribution in [0.25, 0.3) is 0 Å². The van der Waals surface area contributed by atoms with Gasteiger partial charge in [-0.25, -0.2) is 4.68 Å². The maximum Gasteiger partial charge on any atom is 0.287 e. The van der Waals surface area contributed by atoms with Crippen LogP contribution in [0.4, 0.5) is 5.69 Å². The lowest BCUT2D eigenvalue weighted by Crippen LogP contribution is -2.26. The van der Waals surface area contributed by atoms with E-state index in [4.69, 9.17) is 11.6 Å². The van der Waals surface area contributed by atoms with E-state index >= 15 is 0 Å². The van der Waals surface area contributed by atoms with Gasteiger partial charge in [0.1, 0.15) is 5.02 Å². The van der Waals surface area contributed by atoms with E-state index in [-0.39, 0.29) is 10.6 Å². The van der Waals surface area contributed by atoms with E-state index in [0.717, 1.165) is 32.1 Å². The zero-order valence-corrected chi connectivity index (χ0v) is 13.1. The molecule has 0 aromatic carbocycles. The first kappa shape index (κ1) is 16.8.